The van der Waals surface area contributed by atoms with Crippen LogP contribution in [0.15, 0.2) is 36.5 Å². The van der Waals surface area contributed by atoms with Crippen molar-refractivity contribution in [2.45, 2.75) is 33.4 Å². The lowest BCUT2D eigenvalue weighted by Gasteiger charge is -2.15. The van der Waals surface area contributed by atoms with Gasteiger partial charge in [-0.2, -0.15) is 5.10 Å². The smallest absolute Gasteiger partial charge is 0.252 e. The van der Waals surface area contributed by atoms with E-state index in [0.717, 1.165) is 16.1 Å². The zero-order chi connectivity index (χ0) is 24.4. The van der Waals surface area contributed by atoms with Crippen LogP contribution in [0.1, 0.15) is 40.7 Å². The first-order valence-electron chi connectivity index (χ1n) is 10.9. The number of thiophene rings is 1. The van der Waals surface area contributed by atoms with Crippen molar-refractivity contribution >= 4 is 28.3 Å². The van der Waals surface area contributed by atoms with Crippen LogP contribution in [-0.2, 0) is 6.54 Å². The summed E-state index contributed by atoms with van der Waals surface area (Å²) in [5.74, 6) is 1.36. The molecular weight excluding hydrogens is 452 g/mol. The summed E-state index contributed by atoms with van der Waals surface area (Å²) in [5, 5.41) is 8.22. The first-order valence-corrected chi connectivity index (χ1v) is 11.7. The summed E-state index contributed by atoms with van der Waals surface area (Å²) in [6.07, 6.45) is 1.71. The second-order valence-electron chi connectivity index (χ2n) is 8.10. The molecule has 178 valence electrons. The Balaban J connectivity index is 1.70. The summed E-state index contributed by atoms with van der Waals surface area (Å²) in [6.45, 7) is 6.42. The molecule has 0 spiro atoms. The summed E-state index contributed by atoms with van der Waals surface area (Å²) in [5.41, 5.74) is 2.80. The highest BCUT2D eigenvalue weighted by Gasteiger charge is 2.20. The van der Waals surface area contributed by atoms with Crippen LogP contribution in [0, 0.1) is 6.92 Å². The number of carbonyl (C=O) groups is 1. The fourth-order valence-electron chi connectivity index (χ4n) is 3.80. The van der Waals surface area contributed by atoms with Crippen LogP contribution in [0.5, 0.6) is 17.2 Å². The summed E-state index contributed by atoms with van der Waals surface area (Å²) in [7, 11) is 4.68. The maximum atomic E-state index is 13.4. The molecule has 34 heavy (non-hydrogen) atoms. The number of hydrogen-bond donors (Lipinski definition) is 1. The number of nitrogens with zero attached hydrogens (tertiary/aromatic N) is 3. The number of nitrogens with one attached hydrogen (secondary N) is 1. The van der Waals surface area contributed by atoms with Gasteiger partial charge in [0.2, 0.25) is 5.75 Å². The van der Waals surface area contributed by atoms with E-state index in [1.165, 1.54) is 4.88 Å². The lowest BCUT2D eigenvalue weighted by atomic mass is 10.1. The number of rotatable bonds is 8. The minimum absolute atomic E-state index is 0.112. The van der Waals surface area contributed by atoms with Crippen molar-refractivity contribution in [2.24, 2.45) is 0 Å². The van der Waals surface area contributed by atoms with Crippen LogP contribution in [0.2, 0.25) is 0 Å². The fraction of sp³-hybridized carbons (Fsp3) is 0.320. The van der Waals surface area contributed by atoms with Crippen LogP contribution >= 0.6 is 11.3 Å². The zero-order valence-electron chi connectivity index (χ0n) is 20.1. The molecule has 3 aromatic heterocycles. The standard InChI is InChI=1S/C25H28N4O4S/c1-14(2)29-24-18(13-27-29)17(11-19(28-24)22-8-7-15(3)34-22)25(30)26-12-16-9-20(31-4)23(33-6)21(10-16)32-5/h7-11,13-14H,12H2,1-6H3,(H,26,30). The number of amides is 1. The van der Waals surface area contributed by atoms with E-state index in [9.17, 15) is 4.79 Å². The Labute approximate surface area is 202 Å². The summed E-state index contributed by atoms with van der Waals surface area (Å²) < 4.78 is 18.1. The van der Waals surface area contributed by atoms with Gasteiger partial charge in [0.15, 0.2) is 17.1 Å². The van der Waals surface area contributed by atoms with Crippen molar-refractivity contribution in [1.29, 1.82) is 0 Å². The van der Waals surface area contributed by atoms with E-state index in [1.807, 2.05) is 42.8 Å². The molecule has 3 heterocycles. The molecule has 0 saturated heterocycles. The molecule has 0 saturated carbocycles. The van der Waals surface area contributed by atoms with Crippen molar-refractivity contribution in [1.82, 2.24) is 20.1 Å². The Morgan fingerprint density at radius 3 is 2.35 bits per heavy atom. The van der Waals surface area contributed by atoms with Crippen molar-refractivity contribution in [2.75, 3.05) is 21.3 Å². The van der Waals surface area contributed by atoms with Crippen LogP contribution in [-0.4, -0.2) is 42.0 Å². The summed E-state index contributed by atoms with van der Waals surface area (Å²) in [6, 6.07) is 9.67. The van der Waals surface area contributed by atoms with Gasteiger partial charge in [-0.1, -0.05) is 0 Å². The van der Waals surface area contributed by atoms with Crippen LogP contribution in [0.25, 0.3) is 21.6 Å². The third-order valence-electron chi connectivity index (χ3n) is 5.47. The van der Waals surface area contributed by atoms with Gasteiger partial charge in [-0.05, 0) is 56.7 Å². The first-order chi connectivity index (χ1) is 16.4. The Kier molecular flexibility index (Phi) is 6.74. The highest BCUT2D eigenvalue weighted by atomic mass is 32.1. The lowest BCUT2D eigenvalue weighted by Crippen LogP contribution is -2.23. The van der Waals surface area contributed by atoms with E-state index < -0.39 is 0 Å². The summed E-state index contributed by atoms with van der Waals surface area (Å²) >= 11 is 1.65. The van der Waals surface area contributed by atoms with Crippen molar-refractivity contribution in [3.05, 3.63) is 52.5 Å². The van der Waals surface area contributed by atoms with E-state index >= 15 is 0 Å². The third kappa shape index (κ3) is 4.43. The van der Waals surface area contributed by atoms with Gasteiger partial charge in [0.05, 0.1) is 49.0 Å². The van der Waals surface area contributed by atoms with Crippen molar-refractivity contribution in [3.8, 4) is 27.8 Å². The number of methoxy groups -OCH3 is 3. The molecule has 0 bridgehead atoms. The molecule has 8 nitrogen and oxygen atoms in total. The molecule has 1 amide bonds. The van der Waals surface area contributed by atoms with Gasteiger partial charge in [-0.3, -0.25) is 4.79 Å². The quantitative estimate of drug-likeness (QED) is 0.382. The van der Waals surface area contributed by atoms with Crippen LogP contribution in [0.3, 0.4) is 0 Å². The SMILES string of the molecule is COc1cc(CNC(=O)c2cc(-c3ccc(C)s3)nc3c2cnn3C(C)C)cc(OC)c1OC. The van der Waals surface area contributed by atoms with Gasteiger partial charge in [-0.25, -0.2) is 9.67 Å². The number of ether oxygens (including phenoxy) is 3. The molecule has 0 aliphatic carbocycles. The number of aromatic nitrogens is 3. The topological polar surface area (TPSA) is 87.5 Å². The Morgan fingerprint density at radius 2 is 1.79 bits per heavy atom. The lowest BCUT2D eigenvalue weighted by molar-refractivity contribution is 0.0952. The molecule has 0 radical (unpaired) electrons. The van der Waals surface area contributed by atoms with E-state index in [4.69, 9.17) is 19.2 Å². The molecule has 9 heteroatoms. The first kappa shape index (κ1) is 23.6. The van der Waals surface area contributed by atoms with Crippen molar-refractivity contribution < 1.29 is 19.0 Å². The Morgan fingerprint density at radius 1 is 1.09 bits per heavy atom. The second-order valence-corrected chi connectivity index (χ2v) is 9.39. The Hall–Kier alpha value is -3.59. The predicted molar refractivity (Wildman–Crippen MR) is 133 cm³/mol. The van der Waals surface area contributed by atoms with Crippen LogP contribution in [0.4, 0.5) is 0 Å². The minimum Gasteiger partial charge on any atom is -0.493 e. The largest absolute Gasteiger partial charge is 0.493 e. The molecule has 1 N–H and O–H groups in total. The van der Waals surface area contributed by atoms with Gasteiger partial charge >= 0.3 is 0 Å². The van der Waals surface area contributed by atoms with Crippen LogP contribution < -0.4 is 19.5 Å². The molecule has 1 aromatic carbocycles. The summed E-state index contributed by atoms with van der Waals surface area (Å²) in [4.78, 5) is 20.4. The molecule has 4 rings (SSSR count). The molecule has 4 aromatic rings. The molecule has 0 fully saturated rings. The van der Waals surface area contributed by atoms with Crippen molar-refractivity contribution in [3.63, 3.8) is 0 Å². The molecule has 0 aliphatic heterocycles. The van der Waals surface area contributed by atoms with E-state index in [2.05, 4.69) is 23.4 Å². The van der Waals surface area contributed by atoms with E-state index in [0.29, 0.717) is 33.8 Å². The molecular formula is C25H28N4O4S. The van der Waals surface area contributed by atoms with Gasteiger partial charge in [0.1, 0.15) is 0 Å². The van der Waals surface area contributed by atoms with E-state index in [1.54, 1.807) is 38.9 Å². The maximum Gasteiger partial charge on any atom is 0.252 e. The number of benzene rings is 1. The molecule has 0 atom stereocenters. The molecule has 0 unspecified atom stereocenters. The number of carbonyl (C=O) groups excluding carboxylic acids is 1. The fourth-order valence-corrected chi connectivity index (χ4v) is 4.63. The minimum atomic E-state index is -0.209. The van der Waals surface area contributed by atoms with E-state index in [-0.39, 0.29) is 18.5 Å². The maximum absolute atomic E-state index is 13.4. The van der Waals surface area contributed by atoms with Gasteiger partial charge < -0.3 is 19.5 Å². The second kappa shape index (κ2) is 9.72. The Bertz CT molecular complexity index is 1320. The monoisotopic (exact) mass is 480 g/mol. The van der Waals surface area contributed by atoms with Gasteiger partial charge in [-0.15, -0.1) is 11.3 Å². The predicted octanol–water partition coefficient (Wildman–Crippen LogP) is 5.00. The van der Waals surface area contributed by atoms with Gasteiger partial charge in [0.25, 0.3) is 5.91 Å². The highest BCUT2D eigenvalue weighted by molar-refractivity contribution is 7.15. The van der Waals surface area contributed by atoms with Gasteiger partial charge in [0, 0.05) is 17.5 Å². The third-order valence-corrected chi connectivity index (χ3v) is 6.49. The average Bonchev–Trinajstić information content (AvgIpc) is 3.47. The number of hydrogen-bond acceptors (Lipinski definition) is 7. The number of fused-ring (bicyclic) bond motifs is 1. The number of pyridine rings is 1. The number of aryl methyl sites for hydroxylation is 1. The highest BCUT2D eigenvalue weighted by Crippen LogP contribution is 2.38. The average molecular weight is 481 g/mol. The molecule has 0 aliphatic rings. The zero-order valence-corrected chi connectivity index (χ0v) is 20.9. The normalized spacial score (nSPS) is 11.1.